The van der Waals surface area contributed by atoms with Crippen LogP contribution < -0.4 is 4.90 Å². The van der Waals surface area contributed by atoms with Gasteiger partial charge < -0.3 is 4.90 Å². The molecule has 0 saturated carbocycles. The maximum Gasteiger partial charge on any atom is 0.175 e. The molecular weight excluding hydrogens is 330 g/mol. The zero-order chi connectivity index (χ0) is 17.7. The number of fused-ring (bicyclic) bond motifs is 1. The van der Waals surface area contributed by atoms with Gasteiger partial charge in [-0.05, 0) is 72.9 Å². The van der Waals surface area contributed by atoms with Crippen molar-refractivity contribution in [1.29, 1.82) is 0 Å². The number of aryl methyl sites for hydroxylation is 1. The molecule has 25 heavy (non-hydrogen) atoms. The van der Waals surface area contributed by atoms with E-state index >= 15 is 0 Å². The zero-order valence-corrected chi connectivity index (χ0v) is 15.8. The third-order valence-electron chi connectivity index (χ3n) is 5.90. The van der Waals surface area contributed by atoms with Gasteiger partial charge in [-0.1, -0.05) is 24.3 Å². The van der Waals surface area contributed by atoms with E-state index in [4.69, 9.17) is 0 Å². The maximum atomic E-state index is 11.9. The smallest absolute Gasteiger partial charge is 0.175 e. The van der Waals surface area contributed by atoms with Crippen molar-refractivity contribution in [3.63, 3.8) is 0 Å². The Morgan fingerprint density at radius 3 is 2.12 bits per heavy atom. The number of anilines is 1. The molecule has 2 aromatic carbocycles. The number of sulfone groups is 1. The van der Waals surface area contributed by atoms with Gasteiger partial charge >= 0.3 is 0 Å². The number of benzene rings is 2. The lowest BCUT2D eigenvalue weighted by Gasteiger charge is -2.40. The molecule has 1 saturated heterocycles. The van der Waals surface area contributed by atoms with Crippen molar-refractivity contribution in [2.24, 2.45) is 5.41 Å². The van der Waals surface area contributed by atoms with Crippen LogP contribution in [0.1, 0.15) is 29.5 Å². The van der Waals surface area contributed by atoms with Gasteiger partial charge in [0.2, 0.25) is 0 Å². The van der Waals surface area contributed by atoms with Crippen molar-refractivity contribution >= 4 is 15.5 Å². The van der Waals surface area contributed by atoms with E-state index < -0.39 is 9.84 Å². The summed E-state index contributed by atoms with van der Waals surface area (Å²) in [6.07, 6.45) is 6.01. The van der Waals surface area contributed by atoms with E-state index in [2.05, 4.69) is 35.2 Å². The molecule has 1 aliphatic carbocycles. The highest BCUT2D eigenvalue weighted by Gasteiger charge is 2.39. The number of hydrogen-bond acceptors (Lipinski definition) is 3. The molecule has 4 rings (SSSR count). The molecule has 2 aliphatic rings. The largest absolute Gasteiger partial charge is 0.371 e. The van der Waals surface area contributed by atoms with Gasteiger partial charge in [0.25, 0.3) is 0 Å². The van der Waals surface area contributed by atoms with Crippen LogP contribution in [-0.2, 0) is 22.7 Å². The quantitative estimate of drug-likeness (QED) is 0.823. The van der Waals surface area contributed by atoms with Crippen molar-refractivity contribution in [2.45, 2.75) is 37.5 Å². The van der Waals surface area contributed by atoms with E-state index in [1.165, 1.54) is 43.1 Å². The first-order valence-corrected chi connectivity index (χ1v) is 10.9. The third kappa shape index (κ3) is 3.20. The molecular formula is C21H25NO2S. The Morgan fingerprint density at radius 2 is 1.56 bits per heavy atom. The Kier molecular flexibility index (Phi) is 3.91. The van der Waals surface area contributed by atoms with Crippen LogP contribution in [0.3, 0.4) is 0 Å². The predicted molar refractivity (Wildman–Crippen MR) is 102 cm³/mol. The Morgan fingerprint density at radius 1 is 0.960 bits per heavy atom. The molecule has 0 aromatic heterocycles. The number of nitrogens with zero attached hydrogens (tertiary/aromatic N) is 1. The summed E-state index contributed by atoms with van der Waals surface area (Å²) in [5.41, 5.74) is 5.50. The van der Waals surface area contributed by atoms with Crippen LogP contribution in [0.5, 0.6) is 0 Å². The second-order valence-corrected chi connectivity index (χ2v) is 9.90. The second kappa shape index (κ2) is 5.87. The number of piperidine rings is 1. The monoisotopic (exact) mass is 355 g/mol. The van der Waals surface area contributed by atoms with Crippen molar-refractivity contribution in [3.8, 4) is 0 Å². The topological polar surface area (TPSA) is 37.4 Å². The average Bonchev–Trinajstić information content (AvgIpc) is 2.91. The predicted octanol–water partition coefficient (Wildman–Crippen LogP) is 3.78. The van der Waals surface area contributed by atoms with Gasteiger partial charge in [0.15, 0.2) is 9.84 Å². The molecule has 1 heterocycles. The van der Waals surface area contributed by atoms with Crippen molar-refractivity contribution in [2.75, 3.05) is 24.2 Å². The first-order chi connectivity index (χ1) is 11.8. The molecule has 1 aliphatic heterocycles. The van der Waals surface area contributed by atoms with Crippen LogP contribution in [-0.4, -0.2) is 27.8 Å². The fourth-order valence-corrected chi connectivity index (χ4v) is 5.23. The van der Waals surface area contributed by atoms with Crippen LogP contribution >= 0.6 is 0 Å². The lowest BCUT2D eigenvalue weighted by Crippen LogP contribution is -2.40. The molecule has 2 aromatic rings. The highest BCUT2D eigenvalue weighted by atomic mass is 32.2. The molecule has 0 amide bonds. The summed E-state index contributed by atoms with van der Waals surface area (Å²) < 4.78 is 23.9. The first-order valence-electron chi connectivity index (χ1n) is 8.98. The highest BCUT2D eigenvalue weighted by Crippen LogP contribution is 2.45. The summed E-state index contributed by atoms with van der Waals surface area (Å²) in [6, 6.07) is 14.5. The van der Waals surface area contributed by atoms with E-state index in [1.807, 2.05) is 13.0 Å². The zero-order valence-electron chi connectivity index (χ0n) is 15.0. The molecule has 3 nitrogen and oxygen atoms in total. The molecule has 0 N–H and O–H groups in total. The summed E-state index contributed by atoms with van der Waals surface area (Å²) >= 11 is 0. The van der Waals surface area contributed by atoms with Crippen LogP contribution in [0.15, 0.2) is 47.4 Å². The van der Waals surface area contributed by atoms with Crippen LogP contribution in [0.4, 0.5) is 5.69 Å². The van der Waals surface area contributed by atoms with Gasteiger partial charge in [0.1, 0.15) is 0 Å². The van der Waals surface area contributed by atoms with Crippen LogP contribution in [0.25, 0.3) is 0 Å². The Hall–Kier alpha value is -1.81. The Balaban J connectivity index is 1.53. The van der Waals surface area contributed by atoms with Crippen LogP contribution in [0, 0.1) is 12.3 Å². The minimum Gasteiger partial charge on any atom is -0.371 e. The lowest BCUT2D eigenvalue weighted by molar-refractivity contribution is 0.233. The summed E-state index contributed by atoms with van der Waals surface area (Å²) in [5.74, 6) is 0. The summed E-state index contributed by atoms with van der Waals surface area (Å²) in [5, 5.41) is 0. The van der Waals surface area contributed by atoms with Crippen molar-refractivity contribution in [1.82, 2.24) is 0 Å². The van der Waals surface area contributed by atoms with E-state index in [1.54, 1.807) is 6.07 Å². The number of hydrogen-bond donors (Lipinski definition) is 0. The standard InChI is InChI=1S/C21H25NO2S/c1-16-11-19(13-20(12-16)25(2,23)24)22-9-7-21(8-10-22)14-17-5-3-4-6-18(17)15-21/h3-6,11-13H,7-10,14-15H2,1-2H3. The molecule has 0 bridgehead atoms. The molecule has 132 valence electrons. The lowest BCUT2D eigenvalue weighted by atomic mass is 9.76. The second-order valence-electron chi connectivity index (χ2n) is 7.89. The van der Waals surface area contributed by atoms with Crippen LogP contribution in [0.2, 0.25) is 0 Å². The molecule has 1 fully saturated rings. The van der Waals surface area contributed by atoms with Gasteiger partial charge in [0.05, 0.1) is 4.90 Å². The minimum absolute atomic E-state index is 0.406. The van der Waals surface area contributed by atoms with Gasteiger partial charge in [-0.3, -0.25) is 0 Å². The minimum atomic E-state index is -3.17. The van der Waals surface area contributed by atoms with E-state index in [0.29, 0.717) is 10.3 Å². The summed E-state index contributed by atoms with van der Waals surface area (Å²) in [4.78, 5) is 2.78. The van der Waals surface area contributed by atoms with E-state index in [-0.39, 0.29) is 0 Å². The van der Waals surface area contributed by atoms with Crippen molar-refractivity contribution in [3.05, 3.63) is 59.2 Å². The molecule has 1 spiro atoms. The normalized spacial score (nSPS) is 19.2. The van der Waals surface area contributed by atoms with Gasteiger partial charge in [-0.25, -0.2) is 8.42 Å². The molecule has 0 radical (unpaired) electrons. The van der Waals surface area contributed by atoms with Gasteiger partial charge in [-0.2, -0.15) is 0 Å². The molecule has 4 heteroatoms. The van der Waals surface area contributed by atoms with Crippen molar-refractivity contribution < 1.29 is 8.42 Å². The molecule has 0 unspecified atom stereocenters. The molecule has 0 atom stereocenters. The third-order valence-corrected chi connectivity index (χ3v) is 6.99. The summed E-state index contributed by atoms with van der Waals surface area (Å²) in [7, 11) is -3.17. The SMILES string of the molecule is Cc1cc(N2CCC3(CC2)Cc2ccccc2C3)cc(S(C)(=O)=O)c1. The first kappa shape index (κ1) is 16.6. The Labute approximate surface area is 150 Å². The fourth-order valence-electron chi connectivity index (χ4n) is 4.49. The maximum absolute atomic E-state index is 11.9. The van der Waals surface area contributed by atoms with E-state index in [0.717, 1.165) is 24.3 Å². The van der Waals surface area contributed by atoms with Gasteiger partial charge in [-0.15, -0.1) is 0 Å². The highest BCUT2D eigenvalue weighted by molar-refractivity contribution is 7.90. The summed E-state index contributed by atoms with van der Waals surface area (Å²) in [6.45, 7) is 3.97. The fraction of sp³-hybridized carbons (Fsp3) is 0.429. The number of rotatable bonds is 2. The average molecular weight is 356 g/mol. The van der Waals surface area contributed by atoms with Gasteiger partial charge in [0, 0.05) is 25.0 Å². The van der Waals surface area contributed by atoms with E-state index in [9.17, 15) is 8.42 Å². The Bertz CT molecular complexity index is 882.